The van der Waals surface area contributed by atoms with E-state index in [1.807, 2.05) is 0 Å². The van der Waals surface area contributed by atoms with Crippen LogP contribution in [0.2, 0.25) is 0 Å². The molecule has 0 spiro atoms. The van der Waals surface area contributed by atoms with Crippen LogP contribution in [0.25, 0.3) is 11.0 Å². The van der Waals surface area contributed by atoms with Crippen LogP contribution in [0.3, 0.4) is 0 Å². The molecule has 9 nitrogen and oxygen atoms in total. The Morgan fingerprint density at radius 2 is 2.05 bits per heavy atom. The van der Waals surface area contributed by atoms with Crippen molar-refractivity contribution in [1.29, 1.82) is 0 Å². The van der Waals surface area contributed by atoms with Crippen molar-refractivity contribution < 1.29 is 35.5 Å². The van der Waals surface area contributed by atoms with Crippen LogP contribution in [0.15, 0.2) is 41.6 Å². The Balaban J connectivity index is 1.61. The lowest BCUT2D eigenvalue weighted by Gasteiger charge is -2.27. The van der Waals surface area contributed by atoms with Crippen molar-refractivity contribution in [1.82, 2.24) is 20.2 Å². The molecular formula is C26H27F4N5O4S. The number of rotatable bonds is 7. The number of carbonyl (C=O) groups excluding carboxylic acids is 1. The minimum absolute atomic E-state index is 0.0144. The molecule has 40 heavy (non-hydrogen) atoms. The van der Waals surface area contributed by atoms with Crippen molar-refractivity contribution in [3.8, 4) is 17.6 Å². The number of anilines is 1. The van der Waals surface area contributed by atoms with Crippen molar-refractivity contribution >= 4 is 32.5 Å². The first-order valence-corrected chi connectivity index (χ1v) is 14.1. The molecule has 0 radical (unpaired) electrons. The minimum Gasteiger partial charge on any atom is -0.495 e. The van der Waals surface area contributed by atoms with E-state index < -0.39 is 40.7 Å². The molecule has 1 aromatic heterocycles. The average Bonchev–Trinajstić information content (AvgIpc) is 3.27. The largest absolute Gasteiger partial charge is 0.495 e. The summed E-state index contributed by atoms with van der Waals surface area (Å²) in [6.45, 7) is -0.649. The van der Waals surface area contributed by atoms with Gasteiger partial charge >= 0.3 is 6.18 Å². The summed E-state index contributed by atoms with van der Waals surface area (Å²) in [5, 5.41) is 8.52. The lowest BCUT2D eigenvalue weighted by Crippen LogP contribution is -2.50. The molecule has 1 aliphatic heterocycles. The lowest BCUT2D eigenvalue weighted by molar-refractivity contribution is -0.139. The SMILES string of the molecule is COc1cc(S(C)(=O)=O)ccc1NCC#Cc1cc(C(=O)N[C@H]2CCNC[C@@H]2F)c2ncn(CC(F)(F)F)c2c1. The number of halogens is 4. The third kappa shape index (κ3) is 7.02. The molecule has 4 rings (SSSR count). The number of amides is 1. The van der Waals surface area contributed by atoms with Gasteiger partial charge in [-0.3, -0.25) is 4.79 Å². The summed E-state index contributed by atoms with van der Waals surface area (Å²) in [4.78, 5) is 17.2. The average molecular weight is 582 g/mol. The number of hydrogen-bond donors (Lipinski definition) is 3. The van der Waals surface area contributed by atoms with Gasteiger partial charge in [0.1, 0.15) is 24.0 Å². The number of nitrogens with one attached hydrogen (secondary N) is 3. The second kappa shape index (κ2) is 11.7. The van der Waals surface area contributed by atoms with E-state index in [9.17, 15) is 30.8 Å². The summed E-state index contributed by atoms with van der Waals surface area (Å²) in [5.74, 6) is 5.30. The summed E-state index contributed by atoms with van der Waals surface area (Å²) in [7, 11) is -2.05. The fourth-order valence-corrected chi connectivity index (χ4v) is 4.93. The number of nitrogens with zero attached hydrogens (tertiary/aromatic N) is 2. The number of methoxy groups -OCH3 is 1. The molecule has 0 bridgehead atoms. The van der Waals surface area contributed by atoms with Gasteiger partial charge in [0, 0.05) is 24.4 Å². The van der Waals surface area contributed by atoms with Crippen LogP contribution in [0, 0.1) is 11.8 Å². The Kier molecular flexibility index (Phi) is 8.55. The number of ether oxygens (including phenoxy) is 1. The van der Waals surface area contributed by atoms with Gasteiger partial charge in [-0.25, -0.2) is 17.8 Å². The topological polar surface area (TPSA) is 114 Å². The van der Waals surface area contributed by atoms with E-state index >= 15 is 0 Å². The molecule has 0 saturated carbocycles. The van der Waals surface area contributed by atoms with Crippen LogP contribution in [0.5, 0.6) is 5.75 Å². The number of alkyl halides is 4. The molecule has 2 heterocycles. The predicted molar refractivity (Wildman–Crippen MR) is 141 cm³/mol. The molecule has 214 valence electrons. The van der Waals surface area contributed by atoms with Crippen LogP contribution in [0.4, 0.5) is 23.2 Å². The number of aromatic nitrogens is 2. The van der Waals surface area contributed by atoms with Crippen molar-refractivity contribution in [2.75, 3.05) is 38.3 Å². The Morgan fingerprint density at radius 3 is 2.73 bits per heavy atom. The Labute approximate surface area is 228 Å². The standard InChI is InChI=1S/C26H27F4N5O4S/c1-39-23-12-17(40(2,37)38)5-6-21(23)32-8-3-4-16-10-18(25(36)34-20-7-9-31-13-19(20)27)24-22(11-16)35(15-33-24)14-26(28,29)30/h5-6,10-12,15,19-20,31-32H,7-9,13-14H2,1-2H3,(H,34,36)/t19-,20-/m0/s1. The van der Waals surface area contributed by atoms with E-state index in [4.69, 9.17) is 4.74 Å². The van der Waals surface area contributed by atoms with Crippen LogP contribution in [-0.4, -0.2) is 75.3 Å². The van der Waals surface area contributed by atoms with Gasteiger partial charge in [0.15, 0.2) is 9.84 Å². The quantitative estimate of drug-likeness (QED) is 0.291. The fourth-order valence-electron chi connectivity index (χ4n) is 4.29. The summed E-state index contributed by atoms with van der Waals surface area (Å²) in [6, 6.07) is 6.38. The number of carbonyl (C=O) groups is 1. The molecule has 1 aliphatic rings. The first kappa shape index (κ1) is 29.2. The van der Waals surface area contributed by atoms with Crippen molar-refractivity contribution in [3.05, 3.63) is 47.8 Å². The van der Waals surface area contributed by atoms with Gasteiger partial charge in [-0.15, -0.1) is 0 Å². The Morgan fingerprint density at radius 1 is 1.27 bits per heavy atom. The van der Waals surface area contributed by atoms with Crippen molar-refractivity contribution in [2.24, 2.45) is 0 Å². The smallest absolute Gasteiger partial charge is 0.406 e. The second-order valence-corrected chi connectivity index (χ2v) is 11.3. The number of imidazole rings is 1. The molecule has 2 aromatic carbocycles. The zero-order chi connectivity index (χ0) is 29.1. The van der Waals surface area contributed by atoms with Gasteiger partial charge in [0.25, 0.3) is 5.91 Å². The highest BCUT2D eigenvalue weighted by Crippen LogP contribution is 2.28. The summed E-state index contributed by atoms with van der Waals surface area (Å²) < 4.78 is 83.5. The van der Waals surface area contributed by atoms with E-state index in [2.05, 4.69) is 32.8 Å². The first-order valence-electron chi connectivity index (χ1n) is 12.2. The summed E-state index contributed by atoms with van der Waals surface area (Å²) in [5.41, 5.74) is 0.822. The molecule has 3 N–H and O–H groups in total. The molecular weight excluding hydrogens is 554 g/mol. The van der Waals surface area contributed by atoms with Gasteiger partial charge < -0.3 is 25.3 Å². The maximum Gasteiger partial charge on any atom is 0.406 e. The maximum absolute atomic E-state index is 14.3. The molecule has 1 amide bonds. The number of fused-ring (bicyclic) bond motifs is 1. The summed E-state index contributed by atoms with van der Waals surface area (Å²) in [6.07, 6.45) is -3.40. The van der Waals surface area contributed by atoms with Crippen LogP contribution < -0.4 is 20.7 Å². The molecule has 1 saturated heterocycles. The van der Waals surface area contributed by atoms with Gasteiger partial charge in [0.2, 0.25) is 0 Å². The maximum atomic E-state index is 14.3. The van der Waals surface area contributed by atoms with Crippen LogP contribution >= 0.6 is 0 Å². The lowest BCUT2D eigenvalue weighted by atomic mass is 10.0. The van der Waals surface area contributed by atoms with Gasteiger partial charge in [-0.05, 0) is 37.2 Å². The van der Waals surface area contributed by atoms with Crippen molar-refractivity contribution in [3.63, 3.8) is 0 Å². The predicted octanol–water partition coefficient (Wildman–Crippen LogP) is 2.90. The van der Waals surface area contributed by atoms with Crippen molar-refractivity contribution in [2.45, 2.75) is 36.3 Å². The third-order valence-corrected chi connectivity index (χ3v) is 7.36. The normalized spacial score (nSPS) is 17.6. The molecule has 1 fully saturated rings. The zero-order valence-corrected chi connectivity index (χ0v) is 22.4. The third-order valence-electron chi connectivity index (χ3n) is 6.25. The van der Waals surface area contributed by atoms with Gasteiger partial charge in [-0.1, -0.05) is 11.8 Å². The van der Waals surface area contributed by atoms with Gasteiger partial charge in [0.05, 0.1) is 47.7 Å². The molecule has 14 heteroatoms. The molecule has 3 aromatic rings. The number of piperidine rings is 1. The van der Waals surface area contributed by atoms with Crippen LogP contribution in [0.1, 0.15) is 22.3 Å². The van der Waals surface area contributed by atoms with E-state index in [0.29, 0.717) is 18.7 Å². The highest BCUT2D eigenvalue weighted by atomic mass is 32.2. The Hall–Kier alpha value is -3.83. The minimum atomic E-state index is -4.52. The molecule has 0 unspecified atom stereocenters. The number of sulfone groups is 1. The van der Waals surface area contributed by atoms with Gasteiger partial charge in [-0.2, -0.15) is 13.2 Å². The number of benzene rings is 2. The van der Waals surface area contributed by atoms with E-state index in [0.717, 1.165) is 17.2 Å². The van der Waals surface area contributed by atoms with E-state index in [-0.39, 0.29) is 45.9 Å². The fraction of sp³-hybridized carbons (Fsp3) is 0.385. The van der Waals surface area contributed by atoms with Crippen LogP contribution in [-0.2, 0) is 16.4 Å². The summed E-state index contributed by atoms with van der Waals surface area (Å²) >= 11 is 0. The highest BCUT2D eigenvalue weighted by molar-refractivity contribution is 7.90. The zero-order valence-electron chi connectivity index (χ0n) is 21.6. The first-order chi connectivity index (χ1) is 18.9. The second-order valence-electron chi connectivity index (χ2n) is 9.26. The highest BCUT2D eigenvalue weighted by Gasteiger charge is 2.30. The van der Waals surface area contributed by atoms with E-state index in [1.165, 1.54) is 37.4 Å². The monoisotopic (exact) mass is 581 g/mol. The Bertz CT molecular complexity index is 1580. The molecule has 0 aliphatic carbocycles. The van der Waals surface area contributed by atoms with E-state index in [1.54, 1.807) is 0 Å². The molecule has 2 atom stereocenters. The number of hydrogen-bond acceptors (Lipinski definition) is 7.